The lowest BCUT2D eigenvalue weighted by Crippen LogP contribution is -2.45. The van der Waals surface area contributed by atoms with Crippen molar-refractivity contribution in [3.8, 4) is 0 Å². The fourth-order valence-corrected chi connectivity index (χ4v) is 3.95. The lowest BCUT2D eigenvalue weighted by atomic mass is 10.1. The molecule has 2 aromatic heterocycles. The van der Waals surface area contributed by atoms with E-state index in [9.17, 15) is 4.79 Å². The molecule has 0 spiro atoms. The largest absolute Gasteiger partial charge is 0.369 e. The summed E-state index contributed by atoms with van der Waals surface area (Å²) in [6, 6.07) is 12.7. The van der Waals surface area contributed by atoms with Crippen molar-refractivity contribution in [2.24, 2.45) is 0 Å². The topological polar surface area (TPSA) is 52.2 Å². The molecule has 1 aliphatic rings. The number of piperazine rings is 1. The van der Waals surface area contributed by atoms with E-state index < -0.39 is 0 Å². The van der Waals surface area contributed by atoms with Gasteiger partial charge in [0.25, 0.3) is 5.56 Å². The summed E-state index contributed by atoms with van der Waals surface area (Å²) in [5.74, 6) is 0. The molecule has 5 nitrogen and oxygen atoms in total. The number of aromatic amines is 1. The van der Waals surface area contributed by atoms with E-state index in [1.54, 1.807) is 0 Å². The number of hydrogen-bond donors (Lipinski definition) is 1. The van der Waals surface area contributed by atoms with Gasteiger partial charge in [0.2, 0.25) is 0 Å². The second-order valence-electron chi connectivity index (χ2n) is 6.99. The Bertz CT molecular complexity index is 991. The zero-order valence-electron chi connectivity index (χ0n) is 15.4. The highest BCUT2D eigenvalue weighted by Crippen LogP contribution is 2.19. The molecule has 6 heteroatoms. The summed E-state index contributed by atoms with van der Waals surface area (Å²) < 4.78 is 1.27. The number of H-pyrrole nitrogens is 1. The average Bonchev–Trinajstić information content (AvgIpc) is 2.69. The van der Waals surface area contributed by atoms with Crippen molar-refractivity contribution in [2.75, 3.05) is 31.1 Å². The van der Waals surface area contributed by atoms with Crippen LogP contribution in [-0.4, -0.2) is 41.0 Å². The number of halogens is 1. The summed E-state index contributed by atoms with van der Waals surface area (Å²) >= 11 is 2.34. The van der Waals surface area contributed by atoms with Gasteiger partial charge in [0, 0.05) is 53.7 Å². The summed E-state index contributed by atoms with van der Waals surface area (Å²) in [5, 5.41) is 0. The van der Waals surface area contributed by atoms with Gasteiger partial charge in [-0.3, -0.25) is 14.7 Å². The highest BCUT2D eigenvalue weighted by molar-refractivity contribution is 14.1. The Morgan fingerprint density at radius 3 is 2.56 bits per heavy atom. The standard InChI is InChI=1S/C21H23IN4O/c1-2-16-12-19-20(24-21(16)27)11-15(13-23-19)14-25-7-9-26(10-8-25)18-5-3-17(22)4-6-18/h3-6,11-13H,2,7-10,14H2,1H3,(H,24,27). The molecule has 0 unspecified atom stereocenters. The summed E-state index contributed by atoms with van der Waals surface area (Å²) in [7, 11) is 0. The Labute approximate surface area is 172 Å². The molecule has 140 valence electrons. The molecule has 0 atom stereocenters. The first-order valence-corrected chi connectivity index (χ1v) is 10.4. The molecule has 4 rings (SSSR count). The van der Waals surface area contributed by atoms with Gasteiger partial charge in [-0.05, 0) is 71.0 Å². The Hall–Kier alpha value is -1.93. The van der Waals surface area contributed by atoms with Crippen LogP contribution >= 0.6 is 22.6 Å². The number of pyridine rings is 2. The zero-order valence-corrected chi connectivity index (χ0v) is 17.6. The molecule has 1 fully saturated rings. The Morgan fingerprint density at radius 1 is 1.11 bits per heavy atom. The number of aryl methyl sites for hydroxylation is 1. The second kappa shape index (κ2) is 7.98. The van der Waals surface area contributed by atoms with E-state index in [2.05, 4.69) is 72.7 Å². The summed E-state index contributed by atoms with van der Waals surface area (Å²) in [6.07, 6.45) is 2.66. The highest BCUT2D eigenvalue weighted by Gasteiger charge is 2.17. The van der Waals surface area contributed by atoms with Gasteiger partial charge in [0.05, 0.1) is 11.0 Å². The maximum absolute atomic E-state index is 12.1. The van der Waals surface area contributed by atoms with Gasteiger partial charge in [-0.2, -0.15) is 0 Å². The summed E-state index contributed by atoms with van der Waals surface area (Å²) in [4.78, 5) is 24.5. The number of anilines is 1. The third-order valence-electron chi connectivity index (χ3n) is 5.18. The van der Waals surface area contributed by atoms with Crippen molar-refractivity contribution in [3.05, 3.63) is 67.6 Å². The monoisotopic (exact) mass is 474 g/mol. The average molecular weight is 474 g/mol. The lowest BCUT2D eigenvalue weighted by Gasteiger charge is -2.36. The molecule has 0 radical (unpaired) electrons. The first kappa shape index (κ1) is 18.4. The van der Waals surface area contributed by atoms with Crippen LogP contribution in [-0.2, 0) is 13.0 Å². The summed E-state index contributed by atoms with van der Waals surface area (Å²) in [5.41, 5.74) is 4.91. The van der Waals surface area contributed by atoms with Crippen molar-refractivity contribution in [1.29, 1.82) is 0 Å². The maximum atomic E-state index is 12.1. The van der Waals surface area contributed by atoms with Crippen LogP contribution in [0.25, 0.3) is 11.0 Å². The van der Waals surface area contributed by atoms with Crippen LogP contribution in [0.1, 0.15) is 18.1 Å². The molecule has 1 aliphatic heterocycles. The van der Waals surface area contributed by atoms with Crippen molar-refractivity contribution in [1.82, 2.24) is 14.9 Å². The fraction of sp³-hybridized carbons (Fsp3) is 0.333. The van der Waals surface area contributed by atoms with E-state index in [0.717, 1.165) is 61.3 Å². The first-order valence-electron chi connectivity index (χ1n) is 9.36. The van der Waals surface area contributed by atoms with E-state index in [1.807, 2.05) is 19.2 Å². The fourth-order valence-electron chi connectivity index (χ4n) is 3.59. The molecule has 3 aromatic rings. The number of nitrogens with one attached hydrogen (secondary N) is 1. The minimum absolute atomic E-state index is 0.00455. The normalized spacial score (nSPS) is 15.4. The van der Waals surface area contributed by atoms with Crippen molar-refractivity contribution in [2.45, 2.75) is 19.9 Å². The minimum Gasteiger partial charge on any atom is -0.369 e. The number of rotatable bonds is 4. The molecular weight excluding hydrogens is 451 g/mol. The molecule has 1 saturated heterocycles. The third kappa shape index (κ3) is 4.16. The van der Waals surface area contributed by atoms with Gasteiger partial charge < -0.3 is 9.88 Å². The predicted molar refractivity (Wildman–Crippen MR) is 118 cm³/mol. The van der Waals surface area contributed by atoms with E-state index in [1.165, 1.54) is 9.26 Å². The van der Waals surface area contributed by atoms with Crippen LogP contribution in [0.3, 0.4) is 0 Å². The molecule has 0 aliphatic carbocycles. The zero-order chi connectivity index (χ0) is 18.8. The molecule has 0 saturated carbocycles. The SMILES string of the molecule is CCc1cc2ncc(CN3CCN(c4ccc(I)cc4)CC3)cc2[nH]c1=O. The first-order chi connectivity index (χ1) is 13.1. The van der Waals surface area contributed by atoms with Crippen LogP contribution in [0, 0.1) is 3.57 Å². The molecule has 0 amide bonds. The van der Waals surface area contributed by atoms with Crippen molar-refractivity contribution in [3.63, 3.8) is 0 Å². The molecule has 3 heterocycles. The van der Waals surface area contributed by atoms with Gasteiger partial charge in [-0.25, -0.2) is 0 Å². The number of aromatic nitrogens is 2. The van der Waals surface area contributed by atoms with E-state index >= 15 is 0 Å². The number of benzene rings is 1. The number of fused-ring (bicyclic) bond motifs is 1. The van der Waals surface area contributed by atoms with Gasteiger partial charge >= 0.3 is 0 Å². The van der Waals surface area contributed by atoms with E-state index in [-0.39, 0.29) is 5.56 Å². The number of hydrogen-bond acceptors (Lipinski definition) is 4. The van der Waals surface area contributed by atoms with Gasteiger partial charge in [-0.1, -0.05) is 6.92 Å². The van der Waals surface area contributed by atoms with Crippen molar-refractivity contribution < 1.29 is 0 Å². The summed E-state index contributed by atoms with van der Waals surface area (Å²) in [6.45, 7) is 6.95. The van der Waals surface area contributed by atoms with Crippen molar-refractivity contribution >= 4 is 39.3 Å². The second-order valence-corrected chi connectivity index (χ2v) is 8.24. The van der Waals surface area contributed by atoms with E-state index in [4.69, 9.17) is 0 Å². The van der Waals surface area contributed by atoms with Crippen LogP contribution in [0.5, 0.6) is 0 Å². The van der Waals surface area contributed by atoms with Crippen LogP contribution in [0.4, 0.5) is 5.69 Å². The molecule has 0 bridgehead atoms. The van der Waals surface area contributed by atoms with Crippen LogP contribution < -0.4 is 10.5 Å². The number of nitrogens with zero attached hydrogens (tertiary/aromatic N) is 3. The van der Waals surface area contributed by atoms with E-state index in [0.29, 0.717) is 0 Å². The molecular formula is C21H23IN4O. The Balaban J connectivity index is 1.42. The molecule has 1 aromatic carbocycles. The van der Waals surface area contributed by atoms with Gasteiger partial charge in [0.15, 0.2) is 0 Å². The highest BCUT2D eigenvalue weighted by atomic mass is 127. The molecule has 1 N–H and O–H groups in total. The third-order valence-corrected chi connectivity index (χ3v) is 5.90. The maximum Gasteiger partial charge on any atom is 0.251 e. The van der Waals surface area contributed by atoms with Crippen LogP contribution in [0.15, 0.2) is 47.4 Å². The lowest BCUT2D eigenvalue weighted by molar-refractivity contribution is 0.249. The molecule has 27 heavy (non-hydrogen) atoms. The minimum atomic E-state index is -0.00455. The smallest absolute Gasteiger partial charge is 0.251 e. The van der Waals surface area contributed by atoms with Gasteiger partial charge in [-0.15, -0.1) is 0 Å². The quantitative estimate of drug-likeness (QED) is 0.589. The Kier molecular flexibility index (Phi) is 5.45. The van der Waals surface area contributed by atoms with Crippen LogP contribution in [0.2, 0.25) is 0 Å². The van der Waals surface area contributed by atoms with Gasteiger partial charge in [0.1, 0.15) is 0 Å². The predicted octanol–water partition coefficient (Wildman–Crippen LogP) is 3.41. The Morgan fingerprint density at radius 2 is 1.85 bits per heavy atom.